The molecule has 28 heavy (non-hydrogen) atoms. The fourth-order valence-electron chi connectivity index (χ4n) is 2.39. The Bertz CT molecular complexity index is 1070. The molecule has 3 rings (SSSR count). The van der Waals surface area contributed by atoms with E-state index >= 15 is 0 Å². The Morgan fingerprint density at radius 2 is 1.89 bits per heavy atom. The van der Waals surface area contributed by atoms with E-state index in [1.54, 1.807) is 6.07 Å². The minimum Gasteiger partial charge on any atom is -0.292 e. The molecule has 2 aromatic heterocycles. The summed E-state index contributed by atoms with van der Waals surface area (Å²) in [5.41, 5.74) is -3.02. The van der Waals surface area contributed by atoms with E-state index in [4.69, 9.17) is 0 Å². The van der Waals surface area contributed by atoms with E-state index in [0.29, 0.717) is 12.5 Å². The van der Waals surface area contributed by atoms with Crippen LogP contribution in [0.3, 0.4) is 0 Å². The smallest absolute Gasteiger partial charge is 0.292 e. The molecule has 0 N–H and O–H groups in total. The highest BCUT2D eigenvalue weighted by atomic mass is 32.1. The first-order valence-corrected chi connectivity index (χ1v) is 8.32. The van der Waals surface area contributed by atoms with Gasteiger partial charge in [0.05, 0.1) is 22.9 Å². The lowest BCUT2D eigenvalue weighted by molar-refractivity contribution is -0.141. The van der Waals surface area contributed by atoms with Gasteiger partial charge in [0.2, 0.25) is 0 Å². The number of hydrogen-bond donors (Lipinski definition) is 0. The van der Waals surface area contributed by atoms with Crippen molar-refractivity contribution in [2.24, 2.45) is 0 Å². The van der Waals surface area contributed by atoms with Gasteiger partial charge in [0.15, 0.2) is 17.4 Å². The average Bonchev–Trinajstić information content (AvgIpc) is 3.10. The molecule has 1 aromatic carbocycles. The Hall–Kier alpha value is -3.26. The summed E-state index contributed by atoms with van der Waals surface area (Å²) in [6, 6.07) is 4.73. The van der Waals surface area contributed by atoms with E-state index in [1.807, 2.05) is 0 Å². The molecule has 1 atom stereocenters. The third-order valence-electron chi connectivity index (χ3n) is 3.63. The Balaban J connectivity index is 2.02. The maximum absolute atomic E-state index is 13.9. The van der Waals surface area contributed by atoms with E-state index in [-0.39, 0.29) is 10.7 Å². The Morgan fingerprint density at radius 3 is 2.50 bits per heavy atom. The van der Waals surface area contributed by atoms with Gasteiger partial charge >= 0.3 is 6.18 Å². The molecule has 1 unspecified atom stereocenters. The third kappa shape index (κ3) is 3.59. The second-order valence-electron chi connectivity index (χ2n) is 5.38. The van der Waals surface area contributed by atoms with Crippen LogP contribution >= 0.6 is 11.3 Å². The molecule has 3 aromatic rings. The molecule has 0 bridgehead atoms. The maximum Gasteiger partial charge on any atom is 0.434 e. The fourth-order valence-corrected chi connectivity index (χ4v) is 3.24. The first-order valence-electron chi connectivity index (χ1n) is 7.45. The second-order valence-corrected chi connectivity index (χ2v) is 6.27. The molecular weight excluding hydrogens is 403 g/mol. The first-order chi connectivity index (χ1) is 13.2. The molecule has 0 saturated carbocycles. The zero-order chi connectivity index (χ0) is 20.5. The molecule has 0 radical (unpaired) electrons. The van der Waals surface area contributed by atoms with Crippen LogP contribution in [0.2, 0.25) is 0 Å². The zero-order valence-corrected chi connectivity index (χ0v) is 14.4. The van der Waals surface area contributed by atoms with Gasteiger partial charge in [-0.2, -0.15) is 18.4 Å². The number of aromatic nitrogens is 3. The van der Waals surface area contributed by atoms with Crippen LogP contribution in [-0.2, 0) is 6.18 Å². The molecule has 0 spiro atoms. The van der Waals surface area contributed by atoms with Gasteiger partial charge in [-0.25, -0.2) is 23.7 Å². The summed E-state index contributed by atoms with van der Waals surface area (Å²) in [4.78, 5) is 22.9. The topological polar surface area (TPSA) is 79.5 Å². The molecule has 0 aliphatic heterocycles. The zero-order valence-electron chi connectivity index (χ0n) is 13.5. The van der Waals surface area contributed by atoms with E-state index in [1.165, 1.54) is 5.38 Å². The van der Waals surface area contributed by atoms with Gasteiger partial charge in [-0.05, 0) is 12.1 Å². The number of ketones is 1. The van der Waals surface area contributed by atoms with Crippen molar-refractivity contribution in [1.29, 1.82) is 5.26 Å². The number of nitrogens with zero attached hydrogens (tertiary/aromatic N) is 4. The maximum atomic E-state index is 13.9. The number of benzene rings is 1. The standard InChI is InChI=1S/C17H7F5N4OS/c18-10-2-1-3-11(19)13(10)12-6-28-16(26-12)8(4-23)14(27)9-5-24-7-25-15(9)17(20,21)22/h1-3,5-8H. The number of Topliss-reactive ketones (excluding diaryl/α,β-unsaturated/α-hetero) is 1. The minimum absolute atomic E-state index is 0.177. The van der Waals surface area contributed by atoms with Gasteiger partial charge in [0.25, 0.3) is 0 Å². The Kier molecular flexibility index (Phi) is 5.15. The Labute approximate surface area is 158 Å². The molecule has 5 nitrogen and oxygen atoms in total. The normalized spacial score (nSPS) is 12.4. The molecule has 0 aliphatic rings. The van der Waals surface area contributed by atoms with Gasteiger partial charge in [-0.15, -0.1) is 11.3 Å². The number of hydrogen-bond acceptors (Lipinski definition) is 6. The van der Waals surface area contributed by atoms with Crippen LogP contribution in [0.15, 0.2) is 36.1 Å². The molecule has 11 heteroatoms. The van der Waals surface area contributed by atoms with Crippen molar-refractivity contribution in [3.63, 3.8) is 0 Å². The SMILES string of the molecule is N#CC(C(=O)c1cncnc1C(F)(F)F)c1nc(-c2c(F)cccc2F)cs1. The van der Waals surface area contributed by atoms with E-state index in [0.717, 1.165) is 29.5 Å². The molecule has 2 heterocycles. The number of halogens is 5. The highest BCUT2D eigenvalue weighted by Gasteiger charge is 2.39. The van der Waals surface area contributed by atoms with Crippen molar-refractivity contribution in [3.8, 4) is 17.3 Å². The predicted molar refractivity (Wildman–Crippen MR) is 87.2 cm³/mol. The summed E-state index contributed by atoms with van der Waals surface area (Å²) in [7, 11) is 0. The van der Waals surface area contributed by atoms with Crippen LogP contribution in [-0.4, -0.2) is 20.7 Å². The van der Waals surface area contributed by atoms with Crippen molar-refractivity contribution < 1.29 is 26.7 Å². The first kappa shape index (κ1) is 19.5. The van der Waals surface area contributed by atoms with Crippen molar-refractivity contribution >= 4 is 17.1 Å². The summed E-state index contributed by atoms with van der Waals surface area (Å²) >= 11 is 0.721. The lowest BCUT2D eigenvalue weighted by Gasteiger charge is -2.11. The Morgan fingerprint density at radius 1 is 1.21 bits per heavy atom. The quantitative estimate of drug-likeness (QED) is 0.471. The van der Waals surface area contributed by atoms with E-state index < -0.39 is 46.3 Å². The highest BCUT2D eigenvalue weighted by molar-refractivity contribution is 7.10. The molecule has 0 fully saturated rings. The van der Waals surface area contributed by atoms with Crippen LogP contribution < -0.4 is 0 Å². The van der Waals surface area contributed by atoms with Gasteiger partial charge in [0.1, 0.15) is 23.0 Å². The molecule has 0 saturated heterocycles. The largest absolute Gasteiger partial charge is 0.434 e. The monoisotopic (exact) mass is 410 g/mol. The number of rotatable bonds is 4. The van der Waals surface area contributed by atoms with E-state index in [9.17, 15) is 32.0 Å². The lowest BCUT2D eigenvalue weighted by atomic mass is 9.99. The molecule has 142 valence electrons. The highest BCUT2D eigenvalue weighted by Crippen LogP contribution is 2.34. The predicted octanol–water partition coefficient (Wildman–Crippen LogP) is 4.39. The van der Waals surface area contributed by atoms with Crippen LogP contribution in [0.4, 0.5) is 22.0 Å². The van der Waals surface area contributed by atoms with Crippen molar-refractivity contribution in [2.45, 2.75) is 12.1 Å². The number of carbonyl (C=O) groups excluding carboxylic acids is 1. The number of carbonyl (C=O) groups is 1. The van der Waals surface area contributed by atoms with Crippen LogP contribution in [0, 0.1) is 23.0 Å². The van der Waals surface area contributed by atoms with Gasteiger partial charge in [0, 0.05) is 11.6 Å². The average molecular weight is 410 g/mol. The number of alkyl halides is 3. The second kappa shape index (κ2) is 7.40. The van der Waals surface area contributed by atoms with Crippen molar-refractivity contribution in [2.75, 3.05) is 0 Å². The summed E-state index contributed by atoms with van der Waals surface area (Å²) in [6.07, 6.45) is -3.64. The van der Waals surface area contributed by atoms with Crippen molar-refractivity contribution in [1.82, 2.24) is 15.0 Å². The third-order valence-corrected chi connectivity index (χ3v) is 4.53. The fraction of sp³-hybridized carbons (Fsp3) is 0.118. The molecule has 0 aliphatic carbocycles. The van der Waals surface area contributed by atoms with E-state index in [2.05, 4.69) is 15.0 Å². The molecular formula is C17H7F5N4OS. The van der Waals surface area contributed by atoms with Crippen molar-refractivity contribution in [3.05, 3.63) is 64.0 Å². The van der Waals surface area contributed by atoms with Gasteiger partial charge in [-0.1, -0.05) is 6.07 Å². The van der Waals surface area contributed by atoms with Crippen LogP contribution in [0.25, 0.3) is 11.3 Å². The summed E-state index contributed by atoms with van der Waals surface area (Å²) in [6.45, 7) is 0. The summed E-state index contributed by atoms with van der Waals surface area (Å²) < 4.78 is 67.0. The van der Waals surface area contributed by atoms with Gasteiger partial charge in [-0.3, -0.25) is 4.79 Å². The summed E-state index contributed by atoms with van der Waals surface area (Å²) in [5.74, 6) is -4.76. The molecule has 0 amide bonds. The number of thiazole rings is 1. The lowest BCUT2D eigenvalue weighted by Crippen LogP contribution is -2.19. The number of nitriles is 1. The van der Waals surface area contributed by atoms with Crippen LogP contribution in [0.1, 0.15) is 27.0 Å². The van der Waals surface area contributed by atoms with Gasteiger partial charge < -0.3 is 0 Å². The summed E-state index contributed by atoms with van der Waals surface area (Å²) in [5, 5.41) is 10.3. The van der Waals surface area contributed by atoms with Crippen LogP contribution in [0.5, 0.6) is 0 Å². The minimum atomic E-state index is -4.93.